The SMILES string of the molecule is COc1c(-c2ccccc2)cccc1C1(c2cccc(C)c2OC(=O)C(F)(F)F)N=C(N)N(C)C1=O. The molecule has 7 nitrogen and oxygen atoms in total. The Morgan fingerprint density at radius 2 is 1.58 bits per heavy atom. The first-order valence-corrected chi connectivity index (χ1v) is 10.8. The zero-order valence-corrected chi connectivity index (χ0v) is 19.6. The van der Waals surface area contributed by atoms with Crippen LogP contribution in [0.4, 0.5) is 13.2 Å². The highest BCUT2D eigenvalue weighted by molar-refractivity contribution is 6.10. The number of esters is 1. The van der Waals surface area contributed by atoms with Crippen molar-refractivity contribution < 1.29 is 32.2 Å². The van der Waals surface area contributed by atoms with Crippen LogP contribution >= 0.6 is 0 Å². The van der Waals surface area contributed by atoms with Crippen molar-refractivity contribution in [1.29, 1.82) is 0 Å². The third-order valence-corrected chi connectivity index (χ3v) is 5.96. The Bertz CT molecular complexity index is 1370. The molecule has 4 rings (SSSR count). The summed E-state index contributed by atoms with van der Waals surface area (Å²) in [4.78, 5) is 31.2. The predicted molar refractivity (Wildman–Crippen MR) is 126 cm³/mol. The van der Waals surface area contributed by atoms with E-state index in [-0.39, 0.29) is 28.4 Å². The van der Waals surface area contributed by atoms with Crippen molar-refractivity contribution in [2.24, 2.45) is 10.7 Å². The average Bonchev–Trinajstić information content (AvgIpc) is 3.09. The van der Waals surface area contributed by atoms with Crippen LogP contribution in [-0.2, 0) is 15.1 Å². The van der Waals surface area contributed by atoms with Gasteiger partial charge in [-0.15, -0.1) is 0 Å². The lowest BCUT2D eigenvalue weighted by molar-refractivity contribution is -0.189. The van der Waals surface area contributed by atoms with Gasteiger partial charge >= 0.3 is 12.1 Å². The molecule has 0 radical (unpaired) electrons. The molecule has 0 fully saturated rings. The van der Waals surface area contributed by atoms with Gasteiger partial charge in [-0.2, -0.15) is 13.2 Å². The molecule has 1 amide bonds. The van der Waals surface area contributed by atoms with Gasteiger partial charge < -0.3 is 15.2 Å². The van der Waals surface area contributed by atoms with Gasteiger partial charge in [0, 0.05) is 23.7 Å². The number of para-hydroxylation sites is 2. The number of alkyl halides is 3. The van der Waals surface area contributed by atoms with Crippen LogP contribution in [0.1, 0.15) is 16.7 Å². The number of rotatable bonds is 5. The number of methoxy groups -OCH3 is 1. The maximum absolute atomic E-state index is 13.8. The number of benzene rings is 3. The summed E-state index contributed by atoms with van der Waals surface area (Å²) in [5, 5.41) is 0. The lowest BCUT2D eigenvalue weighted by Crippen LogP contribution is -2.42. The summed E-state index contributed by atoms with van der Waals surface area (Å²) in [6, 6.07) is 18.6. The van der Waals surface area contributed by atoms with Gasteiger partial charge in [-0.05, 0) is 18.1 Å². The summed E-state index contributed by atoms with van der Waals surface area (Å²) in [5.41, 5.74) is 5.78. The molecule has 0 saturated carbocycles. The van der Waals surface area contributed by atoms with Gasteiger partial charge in [-0.25, -0.2) is 9.79 Å². The van der Waals surface area contributed by atoms with E-state index in [1.807, 2.05) is 30.3 Å². The second-order valence-electron chi connectivity index (χ2n) is 8.14. The van der Waals surface area contributed by atoms with E-state index in [4.69, 9.17) is 15.2 Å². The van der Waals surface area contributed by atoms with E-state index in [9.17, 15) is 22.8 Å². The summed E-state index contributed by atoms with van der Waals surface area (Å²) in [5.74, 6) is -3.42. The van der Waals surface area contributed by atoms with Crippen molar-refractivity contribution in [3.63, 3.8) is 0 Å². The van der Waals surface area contributed by atoms with Gasteiger partial charge in [0.15, 0.2) is 5.96 Å². The number of guanidine groups is 1. The van der Waals surface area contributed by atoms with E-state index < -0.39 is 29.3 Å². The van der Waals surface area contributed by atoms with Crippen LogP contribution in [-0.4, -0.2) is 43.1 Å². The third-order valence-electron chi connectivity index (χ3n) is 5.96. The number of carbonyl (C=O) groups excluding carboxylic acids is 2. The molecule has 0 aromatic heterocycles. The fourth-order valence-corrected chi connectivity index (χ4v) is 4.25. The number of amides is 1. The quantitative estimate of drug-likeness (QED) is 0.422. The predicted octanol–water partition coefficient (Wildman–Crippen LogP) is 4.17. The molecule has 186 valence electrons. The topological polar surface area (TPSA) is 94.2 Å². The van der Waals surface area contributed by atoms with E-state index >= 15 is 0 Å². The van der Waals surface area contributed by atoms with Crippen LogP contribution in [0.15, 0.2) is 71.7 Å². The van der Waals surface area contributed by atoms with E-state index in [1.54, 1.807) is 18.2 Å². The molecule has 0 bridgehead atoms. The summed E-state index contributed by atoms with van der Waals surface area (Å²) in [6.07, 6.45) is -5.25. The highest BCUT2D eigenvalue weighted by atomic mass is 19.4. The van der Waals surface area contributed by atoms with Gasteiger partial charge in [0.2, 0.25) is 5.54 Å². The number of hydrogen-bond acceptors (Lipinski definition) is 6. The summed E-state index contributed by atoms with van der Waals surface area (Å²) < 4.78 is 50.0. The van der Waals surface area contributed by atoms with Crippen LogP contribution < -0.4 is 15.2 Å². The van der Waals surface area contributed by atoms with Crippen LogP contribution in [0.5, 0.6) is 11.5 Å². The Kier molecular flexibility index (Phi) is 6.21. The molecule has 1 aliphatic rings. The molecule has 0 aliphatic carbocycles. The monoisotopic (exact) mass is 497 g/mol. The average molecular weight is 497 g/mol. The van der Waals surface area contributed by atoms with Crippen molar-refractivity contribution in [2.75, 3.05) is 14.2 Å². The first-order valence-electron chi connectivity index (χ1n) is 10.8. The van der Waals surface area contributed by atoms with Crippen LogP contribution in [0, 0.1) is 6.92 Å². The normalized spacial score (nSPS) is 17.7. The van der Waals surface area contributed by atoms with Crippen molar-refractivity contribution in [1.82, 2.24) is 4.90 Å². The smallest absolute Gasteiger partial charge is 0.491 e. The van der Waals surface area contributed by atoms with Gasteiger partial charge in [-0.1, -0.05) is 66.7 Å². The first-order chi connectivity index (χ1) is 17.0. The number of likely N-dealkylation sites (N-methyl/N-ethyl adjacent to an activating group) is 1. The van der Waals surface area contributed by atoms with E-state index in [2.05, 4.69) is 4.99 Å². The number of aryl methyl sites for hydroxylation is 1. The Labute approximate surface area is 205 Å². The van der Waals surface area contributed by atoms with Crippen LogP contribution in [0.25, 0.3) is 11.1 Å². The molecule has 1 heterocycles. The zero-order chi connectivity index (χ0) is 26.3. The molecule has 0 saturated heterocycles. The number of ether oxygens (including phenoxy) is 2. The van der Waals surface area contributed by atoms with E-state index in [0.29, 0.717) is 5.56 Å². The number of hydrogen-bond donors (Lipinski definition) is 1. The van der Waals surface area contributed by atoms with Crippen molar-refractivity contribution in [3.8, 4) is 22.6 Å². The van der Waals surface area contributed by atoms with Crippen LogP contribution in [0.2, 0.25) is 0 Å². The molecule has 1 unspecified atom stereocenters. The molecular formula is C26H22F3N3O4. The minimum Gasteiger partial charge on any atom is -0.496 e. The summed E-state index contributed by atoms with van der Waals surface area (Å²) >= 11 is 0. The lowest BCUT2D eigenvalue weighted by Gasteiger charge is -2.30. The second-order valence-corrected chi connectivity index (χ2v) is 8.14. The molecule has 2 N–H and O–H groups in total. The Morgan fingerprint density at radius 1 is 0.972 bits per heavy atom. The minimum absolute atomic E-state index is 0.0825. The molecule has 1 atom stereocenters. The molecule has 10 heteroatoms. The second kappa shape index (κ2) is 9.03. The Balaban J connectivity index is 2.06. The Morgan fingerprint density at radius 3 is 2.14 bits per heavy atom. The maximum atomic E-state index is 13.8. The maximum Gasteiger partial charge on any atom is 0.491 e. The number of carbonyl (C=O) groups is 2. The molecule has 3 aromatic rings. The van der Waals surface area contributed by atoms with Gasteiger partial charge in [0.25, 0.3) is 5.91 Å². The number of aliphatic imine (C=N–C) groups is 1. The lowest BCUT2D eigenvalue weighted by atomic mass is 9.79. The van der Waals surface area contributed by atoms with Crippen molar-refractivity contribution >= 4 is 17.8 Å². The van der Waals surface area contributed by atoms with E-state index in [0.717, 1.165) is 10.5 Å². The van der Waals surface area contributed by atoms with Gasteiger partial charge in [0.05, 0.1) is 7.11 Å². The van der Waals surface area contributed by atoms with E-state index in [1.165, 1.54) is 39.3 Å². The number of halogens is 3. The fraction of sp³-hybridized carbons (Fsp3) is 0.192. The summed E-state index contributed by atoms with van der Waals surface area (Å²) in [6.45, 7) is 1.46. The Hall–Kier alpha value is -4.34. The summed E-state index contributed by atoms with van der Waals surface area (Å²) in [7, 11) is 2.81. The molecule has 3 aromatic carbocycles. The third kappa shape index (κ3) is 3.94. The largest absolute Gasteiger partial charge is 0.496 e. The number of nitrogens with two attached hydrogens (primary N) is 1. The highest BCUT2D eigenvalue weighted by Crippen LogP contribution is 2.49. The highest BCUT2D eigenvalue weighted by Gasteiger charge is 2.54. The van der Waals surface area contributed by atoms with Crippen molar-refractivity contribution in [2.45, 2.75) is 18.6 Å². The molecule has 36 heavy (non-hydrogen) atoms. The molecular weight excluding hydrogens is 475 g/mol. The van der Waals surface area contributed by atoms with Gasteiger partial charge in [0.1, 0.15) is 11.5 Å². The van der Waals surface area contributed by atoms with Crippen LogP contribution in [0.3, 0.4) is 0 Å². The van der Waals surface area contributed by atoms with Crippen molar-refractivity contribution in [3.05, 3.63) is 83.4 Å². The number of nitrogens with zero attached hydrogens (tertiary/aromatic N) is 2. The zero-order valence-electron chi connectivity index (χ0n) is 19.6. The molecule has 0 spiro atoms. The standard InChI is InChI=1S/C26H22F3N3O4/c1-15-9-7-13-18(20(15)36-23(34)26(27,28)29)25(22(33)32(2)24(30)31-25)19-14-8-12-17(21(19)35-3)16-10-5-4-6-11-16/h4-14H,1-3H3,(H2,30,31). The fourth-order valence-electron chi connectivity index (χ4n) is 4.25. The first kappa shape index (κ1) is 24.8. The van der Waals surface area contributed by atoms with Gasteiger partial charge in [-0.3, -0.25) is 9.69 Å². The molecule has 1 aliphatic heterocycles. The minimum atomic E-state index is -5.25.